The number of carbonyl (C=O) groups excluding carboxylic acids is 1. The Labute approximate surface area is 217 Å². The zero-order valence-electron chi connectivity index (χ0n) is 21.8. The lowest BCUT2D eigenvalue weighted by molar-refractivity contribution is -0.120. The van der Waals surface area contributed by atoms with Crippen LogP contribution in [0.25, 0.3) is 10.8 Å². The number of unbranched alkanes of at least 4 members (excludes halogenated alkanes) is 6. The third kappa shape index (κ3) is 9.04. The van der Waals surface area contributed by atoms with Gasteiger partial charge in [-0.15, -0.1) is 11.8 Å². The first kappa shape index (κ1) is 27.3. The smallest absolute Gasteiger partial charge is 0.224 e. The van der Waals surface area contributed by atoms with E-state index in [2.05, 4.69) is 49.5 Å². The van der Waals surface area contributed by atoms with E-state index < -0.39 is 0 Å². The van der Waals surface area contributed by atoms with Gasteiger partial charge in [-0.05, 0) is 65.0 Å². The van der Waals surface area contributed by atoms with Gasteiger partial charge < -0.3 is 5.32 Å². The Hall–Kier alpha value is -2.26. The summed E-state index contributed by atoms with van der Waals surface area (Å²) in [6.07, 6.45) is 12.8. The van der Waals surface area contributed by atoms with Crippen LogP contribution < -0.4 is 5.32 Å². The molecule has 0 aromatic heterocycles. The molecule has 0 aliphatic rings. The van der Waals surface area contributed by atoms with Gasteiger partial charge >= 0.3 is 0 Å². The van der Waals surface area contributed by atoms with Gasteiger partial charge in [0.25, 0.3) is 0 Å². The third-order valence-electron chi connectivity index (χ3n) is 6.66. The summed E-state index contributed by atoms with van der Waals surface area (Å²) in [6.45, 7) is 5.23. The minimum Gasteiger partial charge on any atom is -0.355 e. The molecule has 0 spiro atoms. The summed E-state index contributed by atoms with van der Waals surface area (Å²) in [4.78, 5) is 13.9. The Bertz CT molecular complexity index is 1030. The fourth-order valence-corrected chi connectivity index (χ4v) is 5.84. The van der Waals surface area contributed by atoms with Crippen LogP contribution in [-0.4, -0.2) is 18.2 Å². The van der Waals surface area contributed by atoms with Crippen molar-refractivity contribution in [3.63, 3.8) is 0 Å². The number of rotatable bonds is 16. The Morgan fingerprint density at radius 1 is 0.771 bits per heavy atom. The quantitative estimate of drug-likeness (QED) is 0.161. The van der Waals surface area contributed by atoms with Crippen LogP contribution in [0.5, 0.6) is 0 Å². The van der Waals surface area contributed by atoms with E-state index in [9.17, 15) is 4.79 Å². The van der Waals surface area contributed by atoms with Crippen LogP contribution in [0.15, 0.2) is 65.6 Å². The number of hydrogen-bond acceptors (Lipinski definition) is 2. The zero-order chi connectivity index (χ0) is 24.7. The summed E-state index contributed by atoms with van der Waals surface area (Å²) in [5.41, 5.74) is 3.96. The number of carbonyl (C=O) groups is 1. The molecule has 0 saturated carbocycles. The Kier molecular flexibility index (Phi) is 12.2. The average Bonchev–Trinajstić information content (AvgIpc) is 2.87. The lowest BCUT2D eigenvalue weighted by atomic mass is 9.94. The number of hydrogen-bond donors (Lipinski definition) is 1. The van der Waals surface area contributed by atoms with Crippen LogP contribution in [0.4, 0.5) is 0 Å². The van der Waals surface area contributed by atoms with E-state index in [1.54, 1.807) is 0 Å². The summed E-state index contributed by atoms with van der Waals surface area (Å²) in [7, 11) is 0. The summed E-state index contributed by atoms with van der Waals surface area (Å²) < 4.78 is 0. The molecule has 35 heavy (non-hydrogen) atoms. The second-order valence-electron chi connectivity index (χ2n) is 9.54. The maximum atomic E-state index is 12.5. The maximum absolute atomic E-state index is 12.5. The van der Waals surface area contributed by atoms with Gasteiger partial charge in [0.2, 0.25) is 5.91 Å². The van der Waals surface area contributed by atoms with Crippen LogP contribution in [0.1, 0.15) is 81.9 Å². The molecule has 1 amide bonds. The van der Waals surface area contributed by atoms with Gasteiger partial charge in [-0.25, -0.2) is 0 Å². The van der Waals surface area contributed by atoms with Crippen molar-refractivity contribution in [1.82, 2.24) is 5.32 Å². The SMILES string of the molecule is CCCCCCSc1ccc2cccc(CCNC(=O)Cc3ccccc3)c2c1CCCCCC. The van der Waals surface area contributed by atoms with Gasteiger partial charge in [-0.3, -0.25) is 4.79 Å². The molecular weight excluding hydrogens is 446 g/mol. The predicted octanol–water partition coefficient (Wildman–Crippen LogP) is 8.54. The number of nitrogens with one attached hydrogen (secondary N) is 1. The summed E-state index contributed by atoms with van der Waals surface area (Å²) in [5, 5.41) is 5.91. The number of fused-ring (bicyclic) bond motifs is 1. The highest BCUT2D eigenvalue weighted by molar-refractivity contribution is 7.99. The third-order valence-corrected chi connectivity index (χ3v) is 7.84. The monoisotopic (exact) mass is 489 g/mol. The first-order valence-electron chi connectivity index (χ1n) is 13.7. The van der Waals surface area contributed by atoms with Gasteiger partial charge in [-0.2, -0.15) is 0 Å². The largest absolute Gasteiger partial charge is 0.355 e. The van der Waals surface area contributed by atoms with Crippen LogP contribution in [-0.2, 0) is 24.1 Å². The molecule has 3 rings (SSSR count). The second-order valence-corrected chi connectivity index (χ2v) is 10.7. The Morgan fingerprint density at radius 3 is 2.31 bits per heavy atom. The van der Waals surface area contributed by atoms with E-state index in [1.807, 2.05) is 42.1 Å². The molecule has 0 bridgehead atoms. The molecule has 0 aliphatic heterocycles. The number of aryl methyl sites for hydroxylation is 1. The molecular formula is C32H43NOS. The summed E-state index contributed by atoms with van der Waals surface area (Å²) in [5.74, 6) is 1.30. The highest BCUT2D eigenvalue weighted by Gasteiger charge is 2.13. The topological polar surface area (TPSA) is 29.1 Å². The number of benzene rings is 3. The van der Waals surface area contributed by atoms with E-state index >= 15 is 0 Å². The van der Waals surface area contributed by atoms with Crippen LogP contribution in [0.3, 0.4) is 0 Å². The van der Waals surface area contributed by atoms with Crippen molar-refractivity contribution in [2.75, 3.05) is 12.3 Å². The molecule has 3 heteroatoms. The highest BCUT2D eigenvalue weighted by Crippen LogP contribution is 2.34. The fraction of sp³-hybridized carbons (Fsp3) is 0.469. The molecule has 0 atom stereocenters. The van der Waals surface area contributed by atoms with Gasteiger partial charge in [0.1, 0.15) is 0 Å². The summed E-state index contributed by atoms with van der Waals surface area (Å²) >= 11 is 2.05. The van der Waals surface area contributed by atoms with Crippen molar-refractivity contribution in [2.24, 2.45) is 0 Å². The van der Waals surface area contributed by atoms with Crippen molar-refractivity contribution in [3.05, 3.63) is 77.4 Å². The van der Waals surface area contributed by atoms with E-state index in [4.69, 9.17) is 0 Å². The molecule has 0 unspecified atom stereocenters. The van der Waals surface area contributed by atoms with Gasteiger partial charge in [0.05, 0.1) is 6.42 Å². The second kappa shape index (κ2) is 15.7. The first-order chi connectivity index (χ1) is 17.2. The van der Waals surface area contributed by atoms with Gasteiger partial charge in [-0.1, -0.05) is 107 Å². The number of thioether (sulfide) groups is 1. The minimum absolute atomic E-state index is 0.0968. The summed E-state index contributed by atoms with van der Waals surface area (Å²) in [6, 6.07) is 21.3. The highest BCUT2D eigenvalue weighted by atomic mass is 32.2. The van der Waals surface area contributed by atoms with Gasteiger partial charge in [0, 0.05) is 11.4 Å². The predicted molar refractivity (Wildman–Crippen MR) is 154 cm³/mol. The van der Waals surface area contributed by atoms with Crippen molar-refractivity contribution >= 4 is 28.4 Å². The lowest BCUT2D eigenvalue weighted by Gasteiger charge is -2.17. The molecule has 3 aromatic carbocycles. The van der Waals surface area contributed by atoms with E-state index in [-0.39, 0.29) is 5.91 Å². The first-order valence-corrected chi connectivity index (χ1v) is 14.7. The van der Waals surface area contributed by atoms with Crippen LogP contribution in [0, 0.1) is 0 Å². The maximum Gasteiger partial charge on any atom is 0.224 e. The molecule has 0 aliphatic carbocycles. The minimum atomic E-state index is 0.0968. The van der Waals surface area contributed by atoms with Crippen molar-refractivity contribution in [2.45, 2.75) is 89.4 Å². The molecule has 1 N–H and O–H groups in total. The zero-order valence-corrected chi connectivity index (χ0v) is 22.6. The van der Waals surface area contributed by atoms with Crippen molar-refractivity contribution in [3.8, 4) is 0 Å². The van der Waals surface area contributed by atoms with Crippen LogP contribution >= 0.6 is 11.8 Å². The molecule has 0 radical (unpaired) electrons. The lowest BCUT2D eigenvalue weighted by Crippen LogP contribution is -2.27. The number of amides is 1. The van der Waals surface area contributed by atoms with Gasteiger partial charge in [0.15, 0.2) is 0 Å². The molecule has 3 aromatic rings. The van der Waals surface area contributed by atoms with Crippen LogP contribution in [0.2, 0.25) is 0 Å². The van der Waals surface area contributed by atoms with Crippen molar-refractivity contribution < 1.29 is 4.79 Å². The molecule has 188 valence electrons. The molecule has 0 fully saturated rings. The normalized spacial score (nSPS) is 11.1. The van der Waals surface area contributed by atoms with Crippen molar-refractivity contribution in [1.29, 1.82) is 0 Å². The average molecular weight is 490 g/mol. The standard InChI is InChI=1S/C32H43NOS/c1-3-5-7-12-19-29-30(35-24-13-8-6-4-2)21-20-27-17-14-18-28(32(27)29)22-23-33-31(34)25-26-15-10-9-11-16-26/h9-11,14-18,20-21H,3-8,12-13,19,22-25H2,1-2H3,(H,33,34). The van der Waals surface area contributed by atoms with E-state index in [0.29, 0.717) is 13.0 Å². The Morgan fingerprint density at radius 2 is 1.54 bits per heavy atom. The molecule has 0 saturated heterocycles. The Balaban J connectivity index is 1.73. The van der Waals surface area contributed by atoms with E-state index in [0.717, 1.165) is 18.4 Å². The molecule has 2 nitrogen and oxygen atoms in total. The molecule has 0 heterocycles. The fourth-order valence-electron chi connectivity index (χ4n) is 4.73. The van der Waals surface area contributed by atoms with E-state index in [1.165, 1.54) is 83.9 Å².